The molecule has 1 aliphatic heterocycles. The van der Waals surface area contributed by atoms with Crippen LogP contribution in [0.25, 0.3) is 11.0 Å². The first-order valence-corrected chi connectivity index (χ1v) is 8.18. The molecule has 0 bridgehead atoms. The molecule has 4 nitrogen and oxygen atoms in total. The van der Waals surface area contributed by atoms with Gasteiger partial charge >= 0.3 is 0 Å². The number of rotatable bonds is 2. The van der Waals surface area contributed by atoms with Gasteiger partial charge in [0.1, 0.15) is 5.65 Å². The molecule has 120 valence electrons. The quantitative estimate of drug-likeness (QED) is 0.923. The largest absolute Gasteiger partial charge is 0.373 e. The molecule has 0 aliphatic carbocycles. The number of aromatic nitrogens is 2. The summed E-state index contributed by atoms with van der Waals surface area (Å²) in [4.78, 5) is 10.6. The molecule has 3 heterocycles. The van der Waals surface area contributed by atoms with Crippen molar-refractivity contribution in [1.29, 1.82) is 0 Å². The molecule has 0 saturated carbocycles. The van der Waals surface area contributed by atoms with Crippen molar-refractivity contribution in [3.63, 3.8) is 0 Å². The molecule has 0 amide bonds. The smallest absolute Gasteiger partial charge is 0.137 e. The van der Waals surface area contributed by atoms with Crippen LogP contribution in [0.15, 0.2) is 18.3 Å². The Labute approximate surface area is 132 Å². The molecule has 1 fully saturated rings. The molecule has 0 unspecified atom stereocenters. The van der Waals surface area contributed by atoms with Crippen LogP contribution in [-0.2, 0) is 16.7 Å². The molecule has 1 saturated heterocycles. The van der Waals surface area contributed by atoms with Gasteiger partial charge in [0.15, 0.2) is 0 Å². The Kier molecular flexibility index (Phi) is 4.00. The van der Waals surface area contributed by atoms with E-state index in [9.17, 15) is 0 Å². The highest BCUT2D eigenvalue weighted by molar-refractivity contribution is 5.81. The van der Waals surface area contributed by atoms with Gasteiger partial charge in [0.2, 0.25) is 0 Å². The molecule has 0 aromatic carbocycles. The van der Waals surface area contributed by atoms with Gasteiger partial charge in [-0.25, -0.2) is 4.98 Å². The number of morpholine rings is 1. The normalized spacial score (nSPS) is 24.0. The first-order chi connectivity index (χ1) is 10.3. The van der Waals surface area contributed by atoms with Crippen LogP contribution in [0.4, 0.5) is 0 Å². The van der Waals surface area contributed by atoms with Gasteiger partial charge in [-0.3, -0.25) is 4.90 Å². The Morgan fingerprint density at radius 2 is 1.95 bits per heavy atom. The lowest BCUT2D eigenvalue weighted by Crippen LogP contribution is -2.45. The zero-order chi connectivity index (χ0) is 15.9. The van der Waals surface area contributed by atoms with Crippen LogP contribution in [0.3, 0.4) is 0 Å². The van der Waals surface area contributed by atoms with Gasteiger partial charge in [-0.15, -0.1) is 0 Å². The summed E-state index contributed by atoms with van der Waals surface area (Å²) < 4.78 is 5.86. The summed E-state index contributed by atoms with van der Waals surface area (Å²) in [5.41, 5.74) is 3.76. The van der Waals surface area contributed by atoms with Crippen molar-refractivity contribution in [3.8, 4) is 0 Å². The SMILES string of the molecule is C[C@@H]1CN(Cc2c(C(C)(C)C)[nH]c3ncccc23)C[C@@H](C)O1. The lowest BCUT2D eigenvalue weighted by molar-refractivity contribution is -0.0704. The molecule has 1 aliphatic rings. The summed E-state index contributed by atoms with van der Waals surface area (Å²) in [6.07, 6.45) is 2.45. The van der Waals surface area contributed by atoms with E-state index in [1.54, 1.807) is 0 Å². The van der Waals surface area contributed by atoms with Gasteiger partial charge in [0.05, 0.1) is 12.2 Å². The molecule has 2 aromatic rings. The summed E-state index contributed by atoms with van der Waals surface area (Å²) in [6, 6.07) is 4.20. The van der Waals surface area contributed by atoms with Crippen LogP contribution in [0, 0.1) is 0 Å². The average Bonchev–Trinajstić information content (AvgIpc) is 2.77. The maximum Gasteiger partial charge on any atom is 0.137 e. The maximum atomic E-state index is 5.86. The van der Waals surface area contributed by atoms with Crippen LogP contribution in [0.2, 0.25) is 0 Å². The lowest BCUT2D eigenvalue weighted by Gasteiger charge is -2.35. The third kappa shape index (κ3) is 3.03. The number of nitrogens with zero attached hydrogens (tertiary/aromatic N) is 2. The van der Waals surface area contributed by atoms with Crippen molar-refractivity contribution in [2.45, 2.75) is 58.8 Å². The highest BCUT2D eigenvalue weighted by Gasteiger charge is 2.27. The van der Waals surface area contributed by atoms with E-state index in [4.69, 9.17) is 4.74 Å². The molecule has 22 heavy (non-hydrogen) atoms. The van der Waals surface area contributed by atoms with Crippen LogP contribution in [0.1, 0.15) is 45.9 Å². The topological polar surface area (TPSA) is 41.2 Å². The van der Waals surface area contributed by atoms with Gasteiger partial charge in [-0.2, -0.15) is 0 Å². The Hall–Kier alpha value is -1.39. The highest BCUT2D eigenvalue weighted by atomic mass is 16.5. The summed E-state index contributed by atoms with van der Waals surface area (Å²) in [7, 11) is 0. The molecule has 3 rings (SSSR count). The predicted molar refractivity (Wildman–Crippen MR) is 90.1 cm³/mol. The Balaban J connectivity index is 1.98. The number of hydrogen-bond acceptors (Lipinski definition) is 3. The second-order valence-electron chi connectivity index (χ2n) is 7.58. The number of pyridine rings is 1. The van der Waals surface area contributed by atoms with Gasteiger partial charge in [0, 0.05) is 42.3 Å². The standard InChI is InChI=1S/C18H27N3O/c1-12-9-21(10-13(2)22-12)11-15-14-7-6-8-19-17(14)20-16(15)18(3,4)5/h6-8,12-13H,9-11H2,1-5H3,(H,19,20)/t12-,13-/m1/s1. The predicted octanol–water partition coefficient (Wildman–Crippen LogP) is 3.47. The zero-order valence-electron chi connectivity index (χ0n) is 14.3. The van der Waals surface area contributed by atoms with Gasteiger partial charge in [0.25, 0.3) is 0 Å². The minimum absolute atomic E-state index is 0.0829. The van der Waals surface area contributed by atoms with E-state index in [1.807, 2.05) is 12.3 Å². The third-order valence-corrected chi connectivity index (χ3v) is 4.30. The number of fused-ring (bicyclic) bond motifs is 1. The van der Waals surface area contributed by atoms with E-state index in [-0.39, 0.29) is 5.41 Å². The van der Waals surface area contributed by atoms with E-state index in [2.05, 4.69) is 55.6 Å². The number of H-pyrrole nitrogens is 1. The van der Waals surface area contributed by atoms with E-state index in [1.165, 1.54) is 16.6 Å². The van der Waals surface area contributed by atoms with Crippen molar-refractivity contribution in [2.75, 3.05) is 13.1 Å². The molecule has 1 N–H and O–H groups in total. The van der Waals surface area contributed by atoms with Crippen molar-refractivity contribution in [1.82, 2.24) is 14.9 Å². The fourth-order valence-corrected chi connectivity index (χ4v) is 3.52. The molecular weight excluding hydrogens is 274 g/mol. The van der Waals surface area contributed by atoms with Crippen LogP contribution >= 0.6 is 0 Å². The minimum atomic E-state index is 0.0829. The Morgan fingerprint density at radius 1 is 1.27 bits per heavy atom. The van der Waals surface area contributed by atoms with Crippen LogP contribution in [-0.4, -0.2) is 40.2 Å². The number of nitrogens with one attached hydrogen (secondary N) is 1. The summed E-state index contributed by atoms with van der Waals surface area (Å²) in [6.45, 7) is 14.0. The molecule has 0 spiro atoms. The van der Waals surface area contributed by atoms with E-state index in [0.29, 0.717) is 12.2 Å². The van der Waals surface area contributed by atoms with Crippen molar-refractivity contribution < 1.29 is 4.74 Å². The maximum absolute atomic E-state index is 5.86. The molecule has 4 heteroatoms. The number of ether oxygens (including phenoxy) is 1. The number of aromatic amines is 1. The molecule has 2 atom stereocenters. The second-order valence-corrected chi connectivity index (χ2v) is 7.58. The van der Waals surface area contributed by atoms with Crippen LogP contribution in [0.5, 0.6) is 0 Å². The van der Waals surface area contributed by atoms with E-state index >= 15 is 0 Å². The van der Waals surface area contributed by atoms with Crippen molar-refractivity contribution in [3.05, 3.63) is 29.6 Å². The van der Waals surface area contributed by atoms with E-state index < -0.39 is 0 Å². The highest BCUT2D eigenvalue weighted by Crippen LogP contribution is 2.32. The van der Waals surface area contributed by atoms with Gasteiger partial charge < -0.3 is 9.72 Å². The third-order valence-electron chi connectivity index (χ3n) is 4.30. The lowest BCUT2D eigenvalue weighted by atomic mass is 9.88. The van der Waals surface area contributed by atoms with Gasteiger partial charge in [-0.1, -0.05) is 20.8 Å². The van der Waals surface area contributed by atoms with Crippen LogP contribution < -0.4 is 0 Å². The average molecular weight is 301 g/mol. The summed E-state index contributed by atoms with van der Waals surface area (Å²) in [5.74, 6) is 0. The zero-order valence-corrected chi connectivity index (χ0v) is 14.3. The number of hydrogen-bond donors (Lipinski definition) is 1. The molecule has 0 radical (unpaired) electrons. The van der Waals surface area contributed by atoms with Gasteiger partial charge in [-0.05, 0) is 31.5 Å². The Morgan fingerprint density at radius 3 is 2.59 bits per heavy atom. The van der Waals surface area contributed by atoms with E-state index in [0.717, 1.165) is 25.3 Å². The molecule has 2 aromatic heterocycles. The minimum Gasteiger partial charge on any atom is -0.373 e. The fraction of sp³-hybridized carbons (Fsp3) is 0.611. The summed E-state index contributed by atoms with van der Waals surface area (Å²) in [5, 5.41) is 1.25. The van der Waals surface area contributed by atoms with Crippen molar-refractivity contribution >= 4 is 11.0 Å². The first-order valence-electron chi connectivity index (χ1n) is 8.18. The fourth-order valence-electron chi connectivity index (χ4n) is 3.52. The van der Waals surface area contributed by atoms with Crippen molar-refractivity contribution in [2.24, 2.45) is 0 Å². The Bertz CT molecular complexity index is 646. The monoisotopic (exact) mass is 301 g/mol. The second kappa shape index (κ2) is 5.67. The molecular formula is C18H27N3O. The first kappa shape index (κ1) is 15.5. The summed E-state index contributed by atoms with van der Waals surface area (Å²) >= 11 is 0.